The van der Waals surface area contributed by atoms with Crippen LogP contribution in [0, 0.1) is 0 Å². The van der Waals surface area contributed by atoms with Crippen LogP contribution in [0.2, 0.25) is 0 Å². The largest absolute Gasteiger partial charge is 0.482 e. The van der Waals surface area contributed by atoms with Gasteiger partial charge in [0, 0.05) is 24.2 Å². The summed E-state index contributed by atoms with van der Waals surface area (Å²) in [5.74, 6) is 0.0460. The Morgan fingerprint density at radius 2 is 1.90 bits per heavy atom. The fraction of sp³-hybridized carbons (Fsp3) is 0.348. The summed E-state index contributed by atoms with van der Waals surface area (Å²) in [4.78, 5) is 37.9. The lowest BCUT2D eigenvalue weighted by Crippen LogP contribution is -2.40. The van der Waals surface area contributed by atoms with E-state index in [1.54, 1.807) is 18.2 Å². The molecule has 1 aliphatic heterocycles. The number of nitrogens with zero attached hydrogens (tertiary/aromatic N) is 1. The molecule has 0 aromatic heterocycles. The third kappa shape index (κ3) is 5.22. The average molecular weight is 394 g/mol. The lowest BCUT2D eigenvalue weighted by Gasteiger charge is -2.29. The molecule has 1 heterocycles. The first-order valence-corrected chi connectivity index (χ1v) is 9.95. The summed E-state index contributed by atoms with van der Waals surface area (Å²) in [5.41, 5.74) is 3.02. The number of nitrogens with one attached hydrogen (secondary N) is 1. The van der Waals surface area contributed by atoms with Gasteiger partial charge >= 0.3 is 0 Å². The maximum Gasteiger partial charge on any atom is 0.265 e. The molecule has 0 radical (unpaired) electrons. The van der Waals surface area contributed by atoms with Crippen LogP contribution >= 0.6 is 0 Å². The number of Topliss-reactive ketones (excluding diaryl/α,β-unsaturated/α-hetero) is 1. The molecule has 0 unspecified atom stereocenters. The topological polar surface area (TPSA) is 75.7 Å². The van der Waals surface area contributed by atoms with Gasteiger partial charge in [-0.05, 0) is 55.7 Å². The molecule has 2 amide bonds. The maximum atomic E-state index is 12.4. The van der Waals surface area contributed by atoms with E-state index in [1.165, 1.54) is 17.4 Å². The first kappa shape index (κ1) is 20.6. The van der Waals surface area contributed by atoms with Crippen molar-refractivity contribution >= 4 is 29.0 Å². The van der Waals surface area contributed by atoms with Crippen molar-refractivity contribution in [2.45, 2.75) is 39.5 Å². The number of ether oxygens (including phenoxy) is 1. The average Bonchev–Trinajstić information content (AvgIpc) is 2.72. The van der Waals surface area contributed by atoms with Crippen molar-refractivity contribution in [3.63, 3.8) is 0 Å². The minimum Gasteiger partial charge on any atom is -0.482 e. The van der Waals surface area contributed by atoms with E-state index in [1.807, 2.05) is 24.3 Å². The number of hydrogen-bond acceptors (Lipinski definition) is 4. The van der Waals surface area contributed by atoms with Crippen LogP contribution in [-0.4, -0.2) is 30.7 Å². The van der Waals surface area contributed by atoms with Gasteiger partial charge < -0.3 is 15.0 Å². The van der Waals surface area contributed by atoms with Crippen LogP contribution in [-0.2, 0) is 16.0 Å². The lowest BCUT2D eigenvalue weighted by molar-refractivity contribution is -0.121. The maximum absolute atomic E-state index is 12.4. The Hall–Kier alpha value is -3.15. The summed E-state index contributed by atoms with van der Waals surface area (Å²) in [6, 6.07) is 12.8. The number of anilines is 2. The molecule has 0 atom stereocenters. The molecule has 0 saturated carbocycles. The van der Waals surface area contributed by atoms with Gasteiger partial charge in [-0.3, -0.25) is 14.4 Å². The number of fused-ring (bicyclic) bond motifs is 1. The molecular formula is C23H26N2O4. The van der Waals surface area contributed by atoms with Crippen molar-refractivity contribution in [2.24, 2.45) is 0 Å². The van der Waals surface area contributed by atoms with Crippen LogP contribution in [0.4, 0.5) is 11.4 Å². The summed E-state index contributed by atoms with van der Waals surface area (Å²) in [5, 5.41) is 2.87. The van der Waals surface area contributed by atoms with Crippen LogP contribution in [0.15, 0.2) is 42.5 Å². The molecule has 0 fully saturated rings. The minimum absolute atomic E-state index is 0.0761. The zero-order chi connectivity index (χ0) is 20.8. The van der Waals surface area contributed by atoms with Gasteiger partial charge in [0.1, 0.15) is 5.75 Å². The van der Waals surface area contributed by atoms with Crippen LogP contribution < -0.4 is 15.0 Å². The standard InChI is InChI=1S/C23H26N2O4/c1-3-4-5-17-6-9-19(10-7-17)24-22(27)12-13-25-20-14-18(16(2)26)8-11-21(20)29-15-23(25)28/h6-11,14H,3-5,12-13,15H2,1-2H3,(H,24,27). The number of ketones is 1. The quantitative estimate of drug-likeness (QED) is 0.687. The molecule has 0 bridgehead atoms. The van der Waals surface area contributed by atoms with Crippen molar-refractivity contribution in [1.29, 1.82) is 0 Å². The second-order valence-electron chi connectivity index (χ2n) is 7.17. The highest BCUT2D eigenvalue weighted by atomic mass is 16.5. The van der Waals surface area contributed by atoms with Crippen molar-refractivity contribution in [3.05, 3.63) is 53.6 Å². The first-order chi connectivity index (χ1) is 14.0. The molecule has 0 saturated heterocycles. The number of hydrogen-bond donors (Lipinski definition) is 1. The third-order valence-electron chi connectivity index (χ3n) is 4.93. The Balaban J connectivity index is 1.62. The Kier molecular flexibility index (Phi) is 6.65. The molecule has 6 nitrogen and oxygen atoms in total. The Bertz CT molecular complexity index is 906. The van der Waals surface area contributed by atoms with Crippen LogP contribution in [0.1, 0.15) is 49.0 Å². The van der Waals surface area contributed by atoms with Gasteiger partial charge in [0.05, 0.1) is 5.69 Å². The Labute approximate surface area is 170 Å². The molecule has 0 spiro atoms. The summed E-state index contributed by atoms with van der Waals surface area (Å²) < 4.78 is 5.44. The fourth-order valence-corrected chi connectivity index (χ4v) is 3.24. The van der Waals surface area contributed by atoms with Gasteiger partial charge in [-0.15, -0.1) is 0 Å². The first-order valence-electron chi connectivity index (χ1n) is 9.95. The van der Waals surface area contributed by atoms with E-state index >= 15 is 0 Å². The van der Waals surface area contributed by atoms with Crippen molar-refractivity contribution in [1.82, 2.24) is 0 Å². The van der Waals surface area contributed by atoms with Crippen molar-refractivity contribution < 1.29 is 19.1 Å². The van der Waals surface area contributed by atoms with Crippen molar-refractivity contribution in [3.8, 4) is 5.75 Å². The molecular weight excluding hydrogens is 368 g/mol. The molecule has 29 heavy (non-hydrogen) atoms. The number of rotatable bonds is 8. The summed E-state index contributed by atoms with van der Waals surface area (Å²) in [6.45, 7) is 3.77. The van der Waals surface area contributed by atoms with Crippen LogP contribution in [0.5, 0.6) is 5.75 Å². The number of amides is 2. The van der Waals surface area contributed by atoms with Gasteiger partial charge in [-0.2, -0.15) is 0 Å². The zero-order valence-electron chi connectivity index (χ0n) is 16.9. The molecule has 2 aromatic rings. The Morgan fingerprint density at radius 1 is 1.14 bits per heavy atom. The number of benzene rings is 2. The second kappa shape index (κ2) is 9.37. The van der Waals surface area contributed by atoms with Crippen LogP contribution in [0.3, 0.4) is 0 Å². The van der Waals surface area contributed by atoms with E-state index in [-0.39, 0.29) is 37.2 Å². The van der Waals surface area contributed by atoms with Gasteiger partial charge in [-0.1, -0.05) is 25.5 Å². The lowest BCUT2D eigenvalue weighted by atomic mass is 10.1. The number of unbranched alkanes of at least 4 members (excludes halogenated alkanes) is 1. The molecule has 0 aliphatic carbocycles. The van der Waals surface area contributed by atoms with E-state index in [0.29, 0.717) is 17.0 Å². The predicted molar refractivity (Wildman–Crippen MR) is 113 cm³/mol. The highest BCUT2D eigenvalue weighted by Gasteiger charge is 2.26. The van der Waals surface area contributed by atoms with Crippen molar-refractivity contribution in [2.75, 3.05) is 23.4 Å². The molecule has 1 N–H and O–H groups in total. The predicted octanol–water partition coefficient (Wildman–Crippen LogP) is 3.99. The zero-order valence-corrected chi connectivity index (χ0v) is 16.9. The molecule has 2 aromatic carbocycles. The normalized spacial score (nSPS) is 12.9. The van der Waals surface area contributed by atoms with Gasteiger partial charge in [-0.25, -0.2) is 0 Å². The number of carbonyl (C=O) groups excluding carboxylic acids is 3. The van der Waals surface area contributed by atoms with Gasteiger partial charge in [0.2, 0.25) is 5.91 Å². The molecule has 3 rings (SSSR count). The highest BCUT2D eigenvalue weighted by molar-refractivity contribution is 6.02. The number of carbonyl (C=O) groups is 3. The smallest absolute Gasteiger partial charge is 0.265 e. The summed E-state index contributed by atoms with van der Waals surface area (Å²) in [7, 11) is 0. The fourth-order valence-electron chi connectivity index (χ4n) is 3.24. The van der Waals surface area contributed by atoms with Gasteiger partial charge in [0.25, 0.3) is 5.91 Å². The van der Waals surface area contributed by atoms with E-state index in [2.05, 4.69) is 12.2 Å². The highest BCUT2D eigenvalue weighted by Crippen LogP contribution is 2.33. The Morgan fingerprint density at radius 3 is 2.59 bits per heavy atom. The molecule has 6 heteroatoms. The van der Waals surface area contributed by atoms with E-state index in [0.717, 1.165) is 24.9 Å². The van der Waals surface area contributed by atoms with E-state index in [9.17, 15) is 14.4 Å². The van der Waals surface area contributed by atoms with Gasteiger partial charge in [0.15, 0.2) is 12.4 Å². The SMILES string of the molecule is CCCCc1ccc(NC(=O)CCN2C(=O)COc3ccc(C(C)=O)cc32)cc1. The van der Waals surface area contributed by atoms with Crippen LogP contribution in [0.25, 0.3) is 0 Å². The minimum atomic E-state index is -0.230. The number of aryl methyl sites for hydroxylation is 1. The van der Waals surface area contributed by atoms with E-state index < -0.39 is 0 Å². The van der Waals surface area contributed by atoms with E-state index in [4.69, 9.17) is 4.74 Å². The summed E-state index contributed by atoms with van der Waals surface area (Å²) >= 11 is 0. The summed E-state index contributed by atoms with van der Waals surface area (Å²) in [6.07, 6.45) is 3.47. The molecule has 152 valence electrons. The third-order valence-corrected chi connectivity index (χ3v) is 4.93. The monoisotopic (exact) mass is 394 g/mol. The second-order valence-corrected chi connectivity index (χ2v) is 7.17. The molecule has 1 aliphatic rings.